The normalized spacial score (nSPS) is 15.2. The second-order valence-corrected chi connectivity index (χ2v) is 5.37. The molecule has 0 aromatic heterocycles. The molecule has 0 saturated carbocycles. The van der Waals surface area contributed by atoms with Crippen LogP contribution in [0.25, 0.3) is 0 Å². The summed E-state index contributed by atoms with van der Waals surface area (Å²) in [5.74, 6) is -0.173. The smallest absolute Gasteiger partial charge is 0.186 e. The van der Waals surface area contributed by atoms with Gasteiger partial charge in [0, 0.05) is 5.57 Å². The van der Waals surface area contributed by atoms with E-state index in [2.05, 4.69) is 6.92 Å². The van der Waals surface area contributed by atoms with Crippen LogP contribution in [-0.4, -0.2) is 11.6 Å². The van der Waals surface area contributed by atoms with E-state index in [9.17, 15) is 9.59 Å². The lowest BCUT2D eigenvalue weighted by molar-refractivity contribution is -0.114. The summed E-state index contributed by atoms with van der Waals surface area (Å²) in [6, 6.07) is 0. The van der Waals surface area contributed by atoms with Crippen molar-refractivity contribution in [3.63, 3.8) is 0 Å². The first kappa shape index (κ1) is 16.6. The summed E-state index contributed by atoms with van der Waals surface area (Å²) < 4.78 is 0. The van der Waals surface area contributed by atoms with Crippen LogP contribution in [0.4, 0.5) is 0 Å². The van der Waals surface area contributed by atoms with Gasteiger partial charge in [0.05, 0.1) is 0 Å². The summed E-state index contributed by atoms with van der Waals surface area (Å²) in [4.78, 5) is 22.6. The predicted molar refractivity (Wildman–Crippen MR) is 83.6 cm³/mol. The Morgan fingerprint density at radius 3 is 2.25 bits per heavy atom. The molecule has 1 aliphatic rings. The van der Waals surface area contributed by atoms with E-state index >= 15 is 0 Å². The van der Waals surface area contributed by atoms with Gasteiger partial charge in [0.25, 0.3) is 0 Å². The average molecular weight is 274 g/mol. The van der Waals surface area contributed by atoms with Crippen molar-refractivity contribution in [1.82, 2.24) is 0 Å². The van der Waals surface area contributed by atoms with E-state index in [-0.39, 0.29) is 11.6 Å². The van der Waals surface area contributed by atoms with Gasteiger partial charge in [-0.2, -0.15) is 0 Å². The number of rotatable bonds is 10. The maximum Gasteiger partial charge on any atom is 0.186 e. The van der Waals surface area contributed by atoms with Gasteiger partial charge in [0.15, 0.2) is 11.6 Å². The molecular formula is C18H26O2. The number of hydrogen-bond acceptors (Lipinski definition) is 2. The van der Waals surface area contributed by atoms with E-state index in [1.54, 1.807) is 6.08 Å². The van der Waals surface area contributed by atoms with Gasteiger partial charge >= 0.3 is 0 Å². The summed E-state index contributed by atoms with van der Waals surface area (Å²) in [5.41, 5.74) is 0.511. The lowest BCUT2D eigenvalue weighted by Gasteiger charge is -2.01. The van der Waals surface area contributed by atoms with E-state index in [4.69, 9.17) is 0 Å². The van der Waals surface area contributed by atoms with Crippen molar-refractivity contribution in [2.75, 3.05) is 0 Å². The topological polar surface area (TPSA) is 34.1 Å². The van der Waals surface area contributed by atoms with Gasteiger partial charge in [0.1, 0.15) is 0 Å². The van der Waals surface area contributed by atoms with Crippen molar-refractivity contribution in [2.24, 2.45) is 0 Å². The molecule has 110 valence electrons. The summed E-state index contributed by atoms with van der Waals surface area (Å²) >= 11 is 0. The monoisotopic (exact) mass is 274 g/mol. The fourth-order valence-corrected chi connectivity index (χ4v) is 2.26. The van der Waals surface area contributed by atoms with E-state index in [0.29, 0.717) is 5.57 Å². The Labute approximate surface area is 122 Å². The van der Waals surface area contributed by atoms with Gasteiger partial charge in [0.2, 0.25) is 0 Å². The molecule has 0 unspecified atom stereocenters. The lowest BCUT2D eigenvalue weighted by Crippen LogP contribution is -2.05. The Balaban J connectivity index is 2.05. The molecule has 0 aliphatic heterocycles. The number of ketones is 2. The Bertz CT molecular complexity index is 400. The predicted octanol–water partition coefficient (Wildman–Crippen LogP) is 4.71. The first-order valence-electron chi connectivity index (χ1n) is 7.88. The molecule has 20 heavy (non-hydrogen) atoms. The van der Waals surface area contributed by atoms with Gasteiger partial charge in [-0.1, -0.05) is 64.0 Å². The van der Waals surface area contributed by atoms with E-state index in [1.807, 2.05) is 6.08 Å². The summed E-state index contributed by atoms with van der Waals surface area (Å²) in [5, 5.41) is 0. The second-order valence-electron chi connectivity index (χ2n) is 5.37. The molecule has 0 bridgehead atoms. The van der Waals surface area contributed by atoms with Crippen LogP contribution in [0.3, 0.4) is 0 Å². The maximum atomic E-state index is 11.5. The molecule has 2 heteroatoms. The summed E-state index contributed by atoms with van der Waals surface area (Å²) in [6.07, 6.45) is 19.3. The Kier molecular flexibility index (Phi) is 8.61. The summed E-state index contributed by atoms with van der Waals surface area (Å²) in [6.45, 7) is 2.24. The van der Waals surface area contributed by atoms with Crippen LogP contribution in [0, 0.1) is 0 Å². The molecule has 0 fully saturated rings. The molecule has 0 N–H and O–H groups in total. The molecule has 0 aromatic carbocycles. The minimum Gasteiger partial charge on any atom is -0.290 e. The number of carbonyl (C=O) groups excluding carboxylic acids is 2. The van der Waals surface area contributed by atoms with Crippen LogP contribution in [0.15, 0.2) is 36.0 Å². The average Bonchev–Trinajstić information content (AvgIpc) is 2.44. The standard InChI is InChI=1S/C18H26O2/c1-2-3-4-5-6-7-8-9-10-11-12-16-15-17(19)13-14-18(16)20/h11-15H,2-10H2,1H3. The third kappa shape index (κ3) is 7.22. The van der Waals surface area contributed by atoms with Crippen LogP contribution in [0.2, 0.25) is 0 Å². The van der Waals surface area contributed by atoms with Crippen LogP contribution in [0.1, 0.15) is 64.7 Å². The Hall–Kier alpha value is -1.44. The highest BCUT2D eigenvalue weighted by Gasteiger charge is 2.09. The third-order valence-electron chi connectivity index (χ3n) is 3.50. The molecule has 1 rings (SSSR count). The van der Waals surface area contributed by atoms with Crippen molar-refractivity contribution in [1.29, 1.82) is 0 Å². The molecule has 1 aliphatic carbocycles. The minimum absolute atomic E-state index is 0.0724. The van der Waals surface area contributed by atoms with Crippen molar-refractivity contribution in [3.05, 3.63) is 36.0 Å². The van der Waals surface area contributed by atoms with Crippen molar-refractivity contribution >= 4 is 11.6 Å². The van der Waals surface area contributed by atoms with Gasteiger partial charge < -0.3 is 0 Å². The zero-order chi connectivity index (χ0) is 14.6. The highest BCUT2D eigenvalue weighted by molar-refractivity contribution is 6.18. The number of carbonyl (C=O) groups is 2. The number of hydrogen-bond donors (Lipinski definition) is 0. The molecule has 2 nitrogen and oxygen atoms in total. The molecule has 0 heterocycles. The highest BCUT2D eigenvalue weighted by Crippen LogP contribution is 2.11. The fourth-order valence-electron chi connectivity index (χ4n) is 2.26. The fraction of sp³-hybridized carbons (Fsp3) is 0.556. The van der Waals surface area contributed by atoms with Crippen LogP contribution >= 0.6 is 0 Å². The second kappa shape index (κ2) is 10.4. The van der Waals surface area contributed by atoms with Crippen LogP contribution in [-0.2, 0) is 9.59 Å². The molecule has 0 radical (unpaired) electrons. The zero-order valence-corrected chi connectivity index (χ0v) is 12.6. The highest BCUT2D eigenvalue weighted by atomic mass is 16.1. The number of allylic oxidation sites excluding steroid dienone is 6. The zero-order valence-electron chi connectivity index (χ0n) is 12.6. The van der Waals surface area contributed by atoms with Gasteiger partial charge in [-0.25, -0.2) is 0 Å². The third-order valence-corrected chi connectivity index (χ3v) is 3.50. The molecule has 0 saturated heterocycles. The summed E-state index contributed by atoms with van der Waals surface area (Å²) in [7, 11) is 0. The van der Waals surface area contributed by atoms with Gasteiger partial charge in [-0.3, -0.25) is 9.59 Å². The first-order chi connectivity index (χ1) is 9.74. The van der Waals surface area contributed by atoms with E-state index < -0.39 is 0 Å². The Morgan fingerprint density at radius 1 is 0.900 bits per heavy atom. The first-order valence-corrected chi connectivity index (χ1v) is 7.88. The molecular weight excluding hydrogens is 248 g/mol. The van der Waals surface area contributed by atoms with Gasteiger partial charge in [-0.05, 0) is 31.1 Å². The van der Waals surface area contributed by atoms with Crippen molar-refractivity contribution in [2.45, 2.75) is 64.7 Å². The minimum atomic E-state index is -0.101. The molecule has 0 amide bonds. The van der Waals surface area contributed by atoms with Gasteiger partial charge in [-0.15, -0.1) is 0 Å². The van der Waals surface area contributed by atoms with Crippen LogP contribution < -0.4 is 0 Å². The largest absolute Gasteiger partial charge is 0.290 e. The SMILES string of the molecule is CCCCCCCCCCC=CC1=CC(=O)C=CC1=O. The Morgan fingerprint density at radius 2 is 1.55 bits per heavy atom. The van der Waals surface area contributed by atoms with Crippen molar-refractivity contribution < 1.29 is 9.59 Å². The molecule has 0 aromatic rings. The van der Waals surface area contributed by atoms with Crippen molar-refractivity contribution in [3.8, 4) is 0 Å². The van der Waals surface area contributed by atoms with Crippen LogP contribution in [0.5, 0.6) is 0 Å². The number of unbranched alkanes of at least 4 members (excludes halogenated alkanes) is 8. The molecule has 0 spiro atoms. The maximum absolute atomic E-state index is 11.5. The van der Waals surface area contributed by atoms with E-state index in [0.717, 1.165) is 12.8 Å². The quantitative estimate of drug-likeness (QED) is 0.427. The lowest BCUT2D eigenvalue weighted by atomic mass is 10.0. The molecule has 0 atom stereocenters. The van der Waals surface area contributed by atoms with E-state index in [1.165, 1.54) is 63.2 Å².